The second-order valence-electron chi connectivity index (χ2n) is 4.41. The van der Waals surface area contributed by atoms with Gasteiger partial charge in [0.05, 0.1) is 13.2 Å². The van der Waals surface area contributed by atoms with Crippen LogP contribution in [0.5, 0.6) is 0 Å². The van der Waals surface area contributed by atoms with E-state index in [1.165, 1.54) is 0 Å². The number of nitrogens with two attached hydrogens (primary N) is 1. The average Bonchev–Trinajstić information content (AvgIpc) is 2.46. The standard InChI is InChI=1S/C13H18N4O2/c14-12(15)11-9-17(6-7-19-11)13(18)16-8-10-4-2-1-3-5-10/h1-5,11H,6-9H2,(H3,14,15)(H,16,18). The van der Waals surface area contributed by atoms with Crippen LogP contribution >= 0.6 is 0 Å². The van der Waals surface area contributed by atoms with Gasteiger partial charge >= 0.3 is 6.03 Å². The second-order valence-corrected chi connectivity index (χ2v) is 4.41. The largest absolute Gasteiger partial charge is 0.385 e. The van der Waals surface area contributed by atoms with E-state index in [4.69, 9.17) is 15.9 Å². The summed E-state index contributed by atoms with van der Waals surface area (Å²) < 4.78 is 5.31. The lowest BCUT2D eigenvalue weighted by Crippen LogP contribution is -2.52. The summed E-state index contributed by atoms with van der Waals surface area (Å²) in [5, 5.41) is 10.2. The van der Waals surface area contributed by atoms with E-state index < -0.39 is 6.10 Å². The maximum Gasteiger partial charge on any atom is 0.317 e. The number of morpholine rings is 1. The first kappa shape index (κ1) is 13.4. The van der Waals surface area contributed by atoms with E-state index in [-0.39, 0.29) is 11.9 Å². The lowest BCUT2D eigenvalue weighted by atomic mass is 10.2. The Morgan fingerprint density at radius 3 is 2.89 bits per heavy atom. The molecule has 2 amide bonds. The number of rotatable bonds is 3. The normalized spacial score (nSPS) is 18.9. The number of ether oxygens (including phenoxy) is 1. The fourth-order valence-corrected chi connectivity index (χ4v) is 1.91. The molecule has 1 aromatic carbocycles. The van der Waals surface area contributed by atoms with Crippen molar-refractivity contribution < 1.29 is 9.53 Å². The minimum Gasteiger partial charge on any atom is -0.385 e. The van der Waals surface area contributed by atoms with Crippen molar-refractivity contribution in [1.29, 1.82) is 5.41 Å². The molecule has 1 aliphatic heterocycles. The van der Waals surface area contributed by atoms with Crippen LogP contribution in [-0.2, 0) is 11.3 Å². The molecule has 102 valence electrons. The van der Waals surface area contributed by atoms with Gasteiger partial charge in [-0.3, -0.25) is 5.41 Å². The lowest BCUT2D eigenvalue weighted by molar-refractivity contribution is 0.0209. The number of carbonyl (C=O) groups excluding carboxylic acids is 1. The molecule has 0 spiro atoms. The molecule has 0 aromatic heterocycles. The third-order valence-electron chi connectivity index (χ3n) is 2.99. The molecular weight excluding hydrogens is 244 g/mol. The van der Waals surface area contributed by atoms with Gasteiger partial charge in [0.1, 0.15) is 11.9 Å². The van der Waals surface area contributed by atoms with Crippen molar-refractivity contribution >= 4 is 11.9 Å². The number of hydrogen-bond acceptors (Lipinski definition) is 3. The number of carbonyl (C=O) groups is 1. The van der Waals surface area contributed by atoms with Gasteiger partial charge in [-0.2, -0.15) is 0 Å². The van der Waals surface area contributed by atoms with E-state index in [2.05, 4.69) is 5.32 Å². The van der Waals surface area contributed by atoms with Crippen LogP contribution in [0.25, 0.3) is 0 Å². The summed E-state index contributed by atoms with van der Waals surface area (Å²) in [5.74, 6) is -0.0411. The van der Waals surface area contributed by atoms with Gasteiger partial charge in [-0.05, 0) is 5.56 Å². The molecule has 1 aliphatic rings. The number of benzene rings is 1. The second kappa shape index (κ2) is 6.19. The van der Waals surface area contributed by atoms with Crippen LogP contribution in [0.1, 0.15) is 5.56 Å². The van der Waals surface area contributed by atoms with E-state index in [0.717, 1.165) is 5.56 Å². The Morgan fingerprint density at radius 1 is 1.47 bits per heavy atom. The average molecular weight is 262 g/mol. The van der Waals surface area contributed by atoms with Crippen LogP contribution in [0.4, 0.5) is 4.79 Å². The first-order valence-corrected chi connectivity index (χ1v) is 6.19. The fraction of sp³-hybridized carbons (Fsp3) is 0.385. The highest BCUT2D eigenvalue weighted by Gasteiger charge is 2.25. The SMILES string of the molecule is N=C(N)C1CN(C(=O)NCc2ccccc2)CCO1. The van der Waals surface area contributed by atoms with E-state index in [9.17, 15) is 4.79 Å². The van der Waals surface area contributed by atoms with Crippen LogP contribution in [-0.4, -0.2) is 42.6 Å². The quantitative estimate of drug-likeness (QED) is 0.548. The molecule has 0 radical (unpaired) electrons. The summed E-state index contributed by atoms with van der Waals surface area (Å²) in [7, 11) is 0. The molecule has 1 aromatic rings. The van der Waals surface area contributed by atoms with Gasteiger partial charge in [0.15, 0.2) is 0 Å². The molecule has 0 saturated carbocycles. The van der Waals surface area contributed by atoms with Crippen molar-refractivity contribution in [2.24, 2.45) is 5.73 Å². The molecule has 1 fully saturated rings. The number of hydrogen-bond donors (Lipinski definition) is 3. The van der Waals surface area contributed by atoms with Crippen molar-refractivity contribution in [2.45, 2.75) is 12.6 Å². The number of nitrogens with zero attached hydrogens (tertiary/aromatic N) is 1. The van der Waals surface area contributed by atoms with Crippen molar-refractivity contribution in [2.75, 3.05) is 19.7 Å². The van der Waals surface area contributed by atoms with Gasteiger partial charge in [0.25, 0.3) is 0 Å². The highest BCUT2D eigenvalue weighted by atomic mass is 16.5. The van der Waals surface area contributed by atoms with Crippen LogP contribution < -0.4 is 11.1 Å². The van der Waals surface area contributed by atoms with Gasteiger partial charge in [-0.25, -0.2) is 4.79 Å². The zero-order valence-corrected chi connectivity index (χ0v) is 10.6. The summed E-state index contributed by atoms with van der Waals surface area (Å²) in [6, 6.07) is 9.56. The summed E-state index contributed by atoms with van der Waals surface area (Å²) in [6.45, 7) is 1.74. The van der Waals surface area contributed by atoms with E-state index >= 15 is 0 Å². The Labute approximate surface area is 112 Å². The topological polar surface area (TPSA) is 91.4 Å². The number of urea groups is 1. The molecule has 0 aliphatic carbocycles. The molecule has 19 heavy (non-hydrogen) atoms. The summed E-state index contributed by atoms with van der Waals surface area (Å²) >= 11 is 0. The van der Waals surface area contributed by atoms with Crippen molar-refractivity contribution in [3.05, 3.63) is 35.9 Å². The molecule has 1 saturated heterocycles. The molecule has 2 rings (SSSR count). The van der Waals surface area contributed by atoms with Gasteiger partial charge in [-0.1, -0.05) is 30.3 Å². The Bertz CT molecular complexity index is 449. The minimum absolute atomic E-state index is 0.0411. The minimum atomic E-state index is -0.490. The Hall–Kier alpha value is -2.08. The van der Waals surface area contributed by atoms with Gasteiger partial charge < -0.3 is 20.7 Å². The fourth-order valence-electron chi connectivity index (χ4n) is 1.91. The predicted molar refractivity (Wildman–Crippen MR) is 71.9 cm³/mol. The van der Waals surface area contributed by atoms with E-state index in [1.54, 1.807) is 4.90 Å². The number of amidine groups is 1. The predicted octanol–water partition coefficient (Wildman–Crippen LogP) is 0.533. The Morgan fingerprint density at radius 2 is 2.21 bits per heavy atom. The maximum atomic E-state index is 12.0. The van der Waals surface area contributed by atoms with Crippen molar-refractivity contribution in [3.63, 3.8) is 0 Å². The molecule has 1 atom stereocenters. The molecule has 0 bridgehead atoms. The Kier molecular flexibility index (Phi) is 4.35. The maximum absolute atomic E-state index is 12.0. The molecule has 1 unspecified atom stereocenters. The summed E-state index contributed by atoms with van der Waals surface area (Å²) in [6.07, 6.45) is -0.490. The summed E-state index contributed by atoms with van der Waals surface area (Å²) in [5.41, 5.74) is 6.44. The molecule has 6 nitrogen and oxygen atoms in total. The zero-order valence-electron chi connectivity index (χ0n) is 10.6. The highest BCUT2D eigenvalue weighted by molar-refractivity contribution is 5.83. The molecule has 4 N–H and O–H groups in total. The van der Waals surface area contributed by atoms with Gasteiger partial charge in [0.2, 0.25) is 0 Å². The first-order valence-electron chi connectivity index (χ1n) is 6.19. The smallest absolute Gasteiger partial charge is 0.317 e. The van der Waals surface area contributed by atoms with Gasteiger partial charge in [0, 0.05) is 13.1 Å². The zero-order chi connectivity index (χ0) is 13.7. The van der Waals surface area contributed by atoms with Crippen molar-refractivity contribution in [3.8, 4) is 0 Å². The number of amides is 2. The van der Waals surface area contributed by atoms with Crippen molar-refractivity contribution in [1.82, 2.24) is 10.2 Å². The molecular formula is C13H18N4O2. The van der Waals surface area contributed by atoms with Crippen LogP contribution in [0.3, 0.4) is 0 Å². The van der Waals surface area contributed by atoms with Crippen LogP contribution in [0.2, 0.25) is 0 Å². The van der Waals surface area contributed by atoms with E-state index in [0.29, 0.717) is 26.2 Å². The third-order valence-corrected chi connectivity index (χ3v) is 2.99. The first-order chi connectivity index (χ1) is 9.16. The van der Waals surface area contributed by atoms with E-state index in [1.807, 2.05) is 30.3 Å². The molecule has 1 heterocycles. The van der Waals surface area contributed by atoms with Gasteiger partial charge in [-0.15, -0.1) is 0 Å². The Balaban J connectivity index is 1.84. The van der Waals surface area contributed by atoms with Crippen LogP contribution in [0, 0.1) is 5.41 Å². The third kappa shape index (κ3) is 3.69. The highest BCUT2D eigenvalue weighted by Crippen LogP contribution is 2.05. The summed E-state index contributed by atoms with van der Waals surface area (Å²) in [4.78, 5) is 13.6. The monoisotopic (exact) mass is 262 g/mol. The molecule has 6 heteroatoms. The van der Waals surface area contributed by atoms with Crippen LogP contribution in [0.15, 0.2) is 30.3 Å². The lowest BCUT2D eigenvalue weighted by Gasteiger charge is -2.32. The number of nitrogens with one attached hydrogen (secondary N) is 2.